The van der Waals surface area contributed by atoms with Crippen LogP contribution in [0.3, 0.4) is 0 Å². The maximum atomic E-state index is 11.8. The van der Waals surface area contributed by atoms with E-state index in [2.05, 4.69) is 17.1 Å². The third-order valence-electron chi connectivity index (χ3n) is 3.95. The minimum Gasteiger partial charge on any atom is -0.384 e. The first-order valence-electron chi connectivity index (χ1n) is 7.72. The zero-order chi connectivity index (χ0) is 15.3. The predicted octanol–water partition coefficient (Wildman–Crippen LogP) is 2.62. The maximum absolute atomic E-state index is 11.8. The van der Waals surface area contributed by atoms with Gasteiger partial charge in [-0.1, -0.05) is 25.5 Å². The highest BCUT2D eigenvalue weighted by molar-refractivity contribution is 7.90. The fourth-order valence-corrected chi connectivity index (χ4v) is 3.73. The first-order valence-corrected chi connectivity index (χ1v) is 9.61. The van der Waals surface area contributed by atoms with E-state index >= 15 is 0 Å². The predicted molar refractivity (Wildman–Crippen MR) is 87.5 cm³/mol. The molecule has 0 amide bonds. The van der Waals surface area contributed by atoms with Gasteiger partial charge in [-0.25, -0.2) is 8.42 Å². The molecule has 0 aromatic heterocycles. The molecule has 1 fully saturated rings. The Morgan fingerprint density at radius 2 is 1.86 bits per heavy atom. The Labute approximate surface area is 128 Å². The average Bonchev–Trinajstić information content (AvgIpc) is 2.45. The monoisotopic (exact) mass is 310 g/mol. The molecule has 1 atom stereocenters. The molecule has 1 N–H and O–H groups in total. The van der Waals surface area contributed by atoms with E-state index in [0.717, 1.165) is 13.1 Å². The van der Waals surface area contributed by atoms with E-state index in [9.17, 15) is 8.42 Å². The number of hydrogen-bond donors (Lipinski definition) is 1. The molecule has 0 bridgehead atoms. The topological polar surface area (TPSA) is 49.4 Å². The van der Waals surface area contributed by atoms with Crippen LogP contribution >= 0.6 is 0 Å². The van der Waals surface area contributed by atoms with Crippen molar-refractivity contribution in [3.05, 3.63) is 24.3 Å². The molecule has 1 aromatic rings. The van der Waals surface area contributed by atoms with Gasteiger partial charge in [0.05, 0.1) is 10.6 Å². The lowest BCUT2D eigenvalue weighted by molar-refractivity contribution is 0.204. The minimum absolute atomic E-state index is 0.384. The number of anilines is 1. The van der Waals surface area contributed by atoms with Gasteiger partial charge in [0.2, 0.25) is 0 Å². The van der Waals surface area contributed by atoms with Gasteiger partial charge >= 0.3 is 0 Å². The van der Waals surface area contributed by atoms with Gasteiger partial charge < -0.3 is 10.2 Å². The Hall–Kier alpha value is -1.07. The Kier molecular flexibility index (Phi) is 5.65. The number of sulfone groups is 1. The van der Waals surface area contributed by atoms with Crippen molar-refractivity contribution in [1.29, 1.82) is 0 Å². The lowest BCUT2D eigenvalue weighted by Crippen LogP contribution is -2.35. The van der Waals surface area contributed by atoms with E-state index in [4.69, 9.17) is 0 Å². The number of nitrogens with zero attached hydrogens (tertiary/aromatic N) is 1. The summed E-state index contributed by atoms with van der Waals surface area (Å²) in [6.45, 7) is 6.48. The molecule has 1 saturated heterocycles. The van der Waals surface area contributed by atoms with E-state index in [1.165, 1.54) is 38.6 Å². The summed E-state index contributed by atoms with van der Waals surface area (Å²) in [4.78, 5) is 2.90. The molecule has 21 heavy (non-hydrogen) atoms. The molecule has 2 rings (SSSR count). The number of nitrogens with one attached hydrogen (secondary N) is 1. The molecule has 1 aliphatic rings. The zero-order valence-electron chi connectivity index (χ0n) is 13.0. The molecule has 0 radical (unpaired) electrons. The molecule has 1 aromatic carbocycles. The molecule has 0 spiro atoms. The first kappa shape index (κ1) is 16.3. The summed E-state index contributed by atoms with van der Waals surface area (Å²) < 4.78 is 23.5. The summed E-state index contributed by atoms with van der Waals surface area (Å²) in [5, 5.41) is 3.30. The maximum Gasteiger partial charge on any atom is 0.177 e. The Morgan fingerprint density at radius 3 is 2.52 bits per heavy atom. The number of likely N-dealkylation sites (tertiary alicyclic amines) is 1. The van der Waals surface area contributed by atoms with E-state index in [0.29, 0.717) is 16.5 Å². The molecule has 5 heteroatoms. The van der Waals surface area contributed by atoms with Gasteiger partial charge in [0, 0.05) is 19.3 Å². The minimum atomic E-state index is -3.18. The van der Waals surface area contributed by atoms with Gasteiger partial charge in [0.15, 0.2) is 9.84 Å². The second-order valence-corrected chi connectivity index (χ2v) is 8.10. The summed E-state index contributed by atoms with van der Waals surface area (Å²) in [6, 6.07) is 7.13. The molecular formula is C16H26N2O2S. The number of hydrogen-bond acceptors (Lipinski definition) is 4. The van der Waals surface area contributed by atoms with Crippen molar-refractivity contribution in [2.75, 3.05) is 37.8 Å². The number of rotatable bonds is 6. The van der Waals surface area contributed by atoms with E-state index in [-0.39, 0.29) is 0 Å². The van der Waals surface area contributed by atoms with Crippen LogP contribution in [0.25, 0.3) is 0 Å². The molecule has 1 aliphatic heterocycles. The van der Waals surface area contributed by atoms with Gasteiger partial charge in [0.25, 0.3) is 0 Å². The third kappa shape index (κ3) is 5.00. The Balaban J connectivity index is 1.90. The van der Waals surface area contributed by atoms with Crippen LogP contribution < -0.4 is 5.32 Å². The van der Waals surface area contributed by atoms with Crippen LogP contribution in [0.1, 0.15) is 26.2 Å². The van der Waals surface area contributed by atoms with Crippen LogP contribution in [0, 0.1) is 5.92 Å². The zero-order valence-corrected chi connectivity index (χ0v) is 13.8. The summed E-state index contributed by atoms with van der Waals surface area (Å²) in [6.07, 6.45) is 5.21. The van der Waals surface area contributed by atoms with Crippen molar-refractivity contribution in [1.82, 2.24) is 4.90 Å². The van der Waals surface area contributed by atoms with E-state index < -0.39 is 9.84 Å². The van der Waals surface area contributed by atoms with Crippen molar-refractivity contribution >= 4 is 15.5 Å². The largest absolute Gasteiger partial charge is 0.384 e. The molecule has 0 saturated carbocycles. The van der Waals surface area contributed by atoms with Gasteiger partial charge in [-0.3, -0.25) is 0 Å². The third-order valence-corrected chi connectivity index (χ3v) is 5.10. The fraction of sp³-hybridized carbons (Fsp3) is 0.625. The number of piperidine rings is 1. The van der Waals surface area contributed by atoms with Crippen molar-refractivity contribution in [2.45, 2.75) is 31.1 Å². The highest BCUT2D eigenvalue weighted by atomic mass is 32.2. The Bertz CT molecular complexity index is 551. The summed E-state index contributed by atoms with van der Waals surface area (Å²) in [5.41, 5.74) is 0.713. The second-order valence-electron chi connectivity index (χ2n) is 6.12. The van der Waals surface area contributed by atoms with Crippen LogP contribution in [0.2, 0.25) is 0 Å². The second kappa shape index (κ2) is 7.27. The molecule has 1 unspecified atom stereocenters. The molecule has 1 heterocycles. The first-order chi connectivity index (χ1) is 9.97. The van der Waals surface area contributed by atoms with Gasteiger partial charge in [0.1, 0.15) is 0 Å². The van der Waals surface area contributed by atoms with Crippen molar-refractivity contribution in [3.8, 4) is 0 Å². The standard InChI is InChI=1S/C16H26N2O2S/c1-14(13-18-10-6-3-7-11-18)12-17-15-8-4-5-9-16(15)21(2,19)20/h4-5,8-9,14,17H,3,6-7,10-13H2,1-2H3. The number of benzene rings is 1. The van der Waals surface area contributed by atoms with Crippen molar-refractivity contribution in [2.24, 2.45) is 5.92 Å². The van der Waals surface area contributed by atoms with Crippen LogP contribution in [0.15, 0.2) is 29.2 Å². The van der Waals surface area contributed by atoms with Crippen LogP contribution in [0.4, 0.5) is 5.69 Å². The van der Waals surface area contributed by atoms with Gasteiger partial charge in [-0.15, -0.1) is 0 Å². The van der Waals surface area contributed by atoms with Crippen LogP contribution in [-0.2, 0) is 9.84 Å². The SMILES string of the molecule is CC(CNc1ccccc1S(C)(=O)=O)CN1CCCCC1. The number of para-hydroxylation sites is 1. The average molecular weight is 310 g/mol. The normalized spacial score (nSPS) is 18.4. The van der Waals surface area contributed by atoms with E-state index in [1.54, 1.807) is 12.1 Å². The Morgan fingerprint density at radius 1 is 1.19 bits per heavy atom. The lowest BCUT2D eigenvalue weighted by Gasteiger charge is -2.29. The van der Waals surface area contributed by atoms with Crippen LogP contribution in [0.5, 0.6) is 0 Å². The summed E-state index contributed by atoms with van der Waals surface area (Å²) in [5.74, 6) is 0.496. The summed E-state index contributed by atoms with van der Waals surface area (Å²) >= 11 is 0. The molecule has 118 valence electrons. The molecule has 4 nitrogen and oxygen atoms in total. The quantitative estimate of drug-likeness (QED) is 0.877. The highest BCUT2D eigenvalue weighted by Gasteiger charge is 2.15. The van der Waals surface area contributed by atoms with Crippen molar-refractivity contribution < 1.29 is 8.42 Å². The van der Waals surface area contributed by atoms with Crippen LogP contribution in [-0.4, -0.2) is 45.8 Å². The van der Waals surface area contributed by atoms with Gasteiger partial charge in [-0.2, -0.15) is 0 Å². The molecule has 0 aliphatic carbocycles. The molecular weight excluding hydrogens is 284 g/mol. The van der Waals surface area contributed by atoms with E-state index in [1.807, 2.05) is 12.1 Å². The lowest BCUT2D eigenvalue weighted by atomic mass is 10.1. The smallest absolute Gasteiger partial charge is 0.177 e. The van der Waals surface area contributed by atoms with Crippen molar-refractivity contribution in [3.63, 3.8) is 0 Å². The fourth-order valence-electron chi connectivity index (χ4n) is 2.87. The van der Waals surface area contributed by atoms with Gasteiger partial charge in [-0.05, 0) is 44.0 Å². The highest BCUT2D eigenvalue weighted by Crippen LogP contribution is 2.21. The summed E-state index contributed by atoms with van der Waals surface area (Å²) in [7, 11) is -3.18.